The summed E-state index contributed by atoms with van der Waals surface area (Å²) in [5.74, 6) is -0.415. The molecule has 3 nitrogen and oxygen atoms in total. The lowest BCUT2D eigenvalue weighted by atomic mass is 10.1. The molecule has 0 radical (unpaired) electrons. The number of hydrogen-bond donors (Lipinski definition) is 2. The second-order valence-corrected chi connectivity index (χ2v) is 3.38. The van der Waals surface area contributed by atoms with Crippen LogP contribution in [0.1, 0.15) is 24.9 Å². The van der Waals surface area contributed by atoms with Crippen LogP contribution in [0.2, 0.25) is 0 Å². The molecule has 1 amide bonds. The third-order valence-corrected chi connectivity index (χ3v) is 2.10. The predicted molar refractivity (Wildman–Crippen MR) is 56.6 cm³/mol. The summed E-state index contributed by atoms with van der Waals surface area (Å²) in [6.07, 6.45) is 0.291. The molecule has 0 unspecified atom stereocenters. The van der Waals surface area contributed by atoms with Gasteiger partial charge in [0.05, 0.1) is 6.04 Å². The normalized spacial score (nSPS) is 12.2. The molecule has 0 spiro atoms. The van der Waals surface area contributed by atoms with Crippen LogP contribution in [-0.2, 0) is 4.79 Å². The SMILES string of the molecule is C[C@H](NC(=O)CCN)c1cccc(F)c1. The Morgan fingerprint density at radius 3 is 2.93 bits per heavy atom. The second-order valence-electron chi connectivity index (χ2n) is 3.38. The maximum Gasteiger partial charge on any atom is 0.221 e. The minimum atomic E-state index is -0.299. The largest absolute Gasteiger partial charge is 0.350 e. The van der Waals surface area contributed by atoms with Gasteiger partial charge >= 0.3 is 0 Å². The number of benzene rings is 1. The molecule has 1 rings (SSSR count). The molecule has 3 N–H and O–H groups in total. The van der Waals surface area contributed by atoms with Crippen LogP contribution in [0.4, 0.5) is 4.39 Å². The fourth-order valence-electron chi connectivity index (χ4n) is 1.30. The lowest BCUT2D eigenvalue weighted by Crippen LogP contribution is -2.28. The minimum Gasteiger partial charge on any atom is -0.350 e. The average Bonchev–Trinajstić information content (AvgIpc) is 2.18. The van der Waals surface area contributed by atoms with Crippen molar-refractivity contribution >= 4 is 5.91 Å². The van der Waals surface area contributed by atoms with E-state index < -0.39 is 0 Å². The molecule has 0 aromatic heterocycles. The Morgan fingerprint density at radius 2 is 2.33 bits per heavy atom. The van der Waals surface area contributed by atoms with Gasteiger partial charge < -0.3 is 11.1 Å². The Labute approximate surface area is 88.5 Å². The molecule has 0 heterocycles. The standard InChI is InChI=1S/C11H15FN2O/c1-8(14-11(15)5-6-13)9-3-2-4-10(12)7-9/h2-4,7-8H,5-6,13H2,1H3,(H,14,15)/t8-/m0/s1. The molecular weight excluding hydrogens is 195 g/mol. The molecule has 0 saturated heterocycles. The van der Waals surface area contributed by atoms with Crippen molar-refractivity contribution < 1.29 is 9.18 Å². The summed E-state index contributed by atoms with van der Waals surface area (Å²) in [5, 5.41) is 2.74. The Balaban J connectivity index is 2.60. The molecule has 0 aliphatic carbocycles. The van der Waals surface area contributed by atoms with Crippen molar-refractivity contribution in [3.63, 3.8) is 0 Å². The van der Waals surface area contributed by atoms with Crippen molar-refractivity contribution in [1.82, 2.24) is 5.32 Å². The Morgan fingerprint density at radius 1 is 1.60 bits per heavy atom. The van der Waals surface area contributed by atoms with Gasteiger partial charge in [-0.1, -0.05) is 12.1 Å². The molecule has 0 fully saturated rings. The third-order valence-electron chi connectivity index (χ3n) is 2.10. The van der Waals surface area contributed by atoms with Gasteiger partial charge in [-0.25, -0.2) is 4.39 Å². The van der Waals surface area contributed by atoms with Crippen LogP contribution >= 0.6 is 0 Å². The van der Waals surface area contributed by atoms with Crippen LogP contribution in [-0.4, -0.2) is 12.5 Å². The average molecular weight is 210 g/mol. The van der Waals surface area contributed by atoms with Crippen LogP contribution in [0, 0.1) is 5.82 Å². The van der Waals surface area contributed by atoms with E-state index in [1.807, 2.05) is 6.92 Å². The molecule has 15 heavy (non-hydrogen) atoms. The van der Waals surface area contributed by atoms with Gasteiger partial charge in [0.15, 0.2) is 0 Å². The molecule has 1 aromatic carbocycles. The molecule has 0 aliphatic heterocycles. The molecule has 1 atom stereocenters. The summed E-state index contributed by atoms with van der Waals surface area (Å²) in [6.45, 7) is 2.13. The van der Waals surface area contributed by atoms with Gasteiger partial charge in [0, 0.05) is 13.0 Å². The van der Waals surface area contributed by atoms with Gasteiger partial charge in [0.1, 0.15) is 5.82 Å². The van der Waals surface area contributed by atoms with Crippen LogP contribution < -0.4 is 11.1 Å². The number of carbonyl (C=O) groups excluding carboxylic acids is 1. The highest BCUT2D eigenvalue weighted by Crippen LogP contribution is 2.13. The van der Waals surface area contributed by atoms with Crippen LogP contribution in [0.5, 0.6) is 0 Å². The van der Waals surface area contributed by atoms with Gasteiger partial charge in [-0.05, 0) is 24.6 Å². The quantitative estimate of drug-likeness (QED) is 0.788. The van der Waals surface area contributed by atoms with Crippen molar-refractivity contribution in [3.8, 4) is 0 Å². The maximum absolute atomic E-state index is 12.9. The van der Waals surface area contributed by atoms with E-state index >= 15 is 0 Å². The molecule has 0 aliphatic rings. The Hall–Kier alpha value is -1.42. The van der Waals surface area contributed by atoms with E-state index in [4.69, 9.17) is 5.73 Å². The van der Waals surface area contributed by atoms with Crippen LogP contribution in [0.15, 0.2) is 24.3 Å². The monoisotopic (exact) mass is 210 g/mol. The van der Waals surface area contributed by atoms with Crippen molar-refractivity contribution in [2.24, 2.45) is 5.73 Å². The lowest BCUT2D eigenvalue weighted by Gasteiger charge is -2.13. The van der Waals surface area contributed by atoms with E-state index in [0.717, 1.165) is 5.56 Å². The highest BCUT2D eigenvalue weighted by Gasteiger charge is 2.08. The summed E-state index contributed by atoms with van der Waals surface area (Å²) in [5.41, 5.74) is 6.00. The van der Waals surface area contributed by atoms with Crippen LogP contribution in [0.3, 0.4) is 0 Å². The summed E-state index contributed by atoms with van der Waals surface area (Å²) >= 11 is 0. The first kappa shape index (κ1) is 11.7. The lowest BCUT2D eigenvalue weighted by molar-refractivity contribution is -0.121. The zero-order valence-corrected chi connectivity index (χ0v) is 8.66. The summed E-state index contributed by atoms with van der Waals surface area (Å²) in [6, 6.07) is 5.98. The second kappa shape index (κ2) is 5.46. The van der Waals surface area contributed by atoms with Crippen molar-refractivity contribution in [3.05, 3.63) is 35.6 Å². The molecule has 4 heteroatoms. The highest BCUT2D eigenvalue weighted by molar-refractivity contribution is 5.76. The van der Waals surface area contributed by atoms with E-state index in [1.54, 1.807) is 12.1 Å². The molecule has 1 aromatic rings. The van der Waals surface area contributed by atoms with Gasteiger partial charge in [0.25, 0.3) is 0 Å². The topological polar surface area (TPSA) is 55.1 Å². The highest BCUT2D eigenvalue weighted by atomic mass is 19.1. The first-order valence-corrected chi connectivity index (χ1v) is 4.88. The van der Waals surface area contributed by atoms with Crippen molar-refractivity contribution in [2.45, 2.75) is 19.4 Å². The van der Waals surface area contributed by atoms with Gasteiger partial charge in [-0.3, -0.25) is 4.79 Å². The minimum absolute atomic E-state index is 0.116. The summed E-state index contributed by atoms with van der Waals surface area (Å²) in [4.78, 5) is 11.2. The van der Waals surface area contributed by atoms with Crippen molar-refractivity contribution in [2.75, 3.05) is 6.54 Å². The zero-order chi connectivity index (χ0) is 11.3. The fourth-order valence-corrected chi connectivity index (χ4v) is 1.30. The van der Waals surface area contributed by atoms with Gasteiger partial charge in [-0.2, -0.15) is 0 Å². The van der Waals surface area contributed by atoms with E-state index in [1.165, 1.54) is 12.1 Å². The van der Waals surface area contributed by atoms with Crippen molar-refractivity contribution in [1.29, 1.82) is 0 Å². The Kier molecular flexibility index (Phi) is 4.24. The van der Waals surface area contributed by atoms with Crippen LogP contribution in [0.25, 0.3) is 0 Å². The van der Waals surface area contributed by atoms with E-state index in [9.17, 15) is 9.18 Å². The first-order chi connectivity index (χ1) is 7.13. The number of amides is 1. The van der Waals surface area contributed by atoms with E-state index in [-0.39, 0.29) is 17.8 Å². The molecule has 0 saturated carbocycles. The summed E-state index contributed by atoms with van der Waals surface area (Å²) in [7, 11) is 0. The Bertz CT molecular complexity index is 341. The van der Waals surface area contributed by atoms with Gasteiger partial charge in [0.2, 0.25) is 5.91 Å². The van der Waals surface area contributed by atoms with E-state index in [0.29, 0.717) is 13.0 Å². The maximum atomic E-state index is 12.9. The third kappa shape index (κ3) is 3.67. The fraction of sp³-hybridized carbons (Fsp3) is 0.364. The first-order valence-electron chi connectivity index (χ1n) is 4.88. The number of carbonyl (C=O) groups is 1. The number of rotatable bonds is 4. The van der Waals surface area contributed by atoms with E-state index in [2.05, 4.69) is 5.32 Å². The number of nitrogens with two attached hydrogens (primary N) is 1. The number of hydrogen-bond acceptors (Lipinski definition) is 2. The molecule has 0 bridgehead atoms. The number of halogens is 1. The smallest absolute Gasteiger partial charge is 0.221 e. The predicted octanol–water partition coefficient (Wildman–Crippen LogP) is 1.35. The molecular formula is C11H15FN2O. The number of nitrogens with one attached hydrogen (secondary N) is 1. The zero-order valence-electron chi connectivity index (χ0n) is 8.66. The van der Waals surface area contributed by atoms with Gasteiger partial charge in [-0.15, -0.1) is 0 Å². The summed E-state index contributed by atoms with van der Waals surface area (Å²) < 4.78 is 12.9. The molecule has 82 valence electrons.